The molecule has 2 aromatic rings. The molecule has 0 radical (unpaired) electrons. The average molecular weight is 409 g/mol. The van der Waals surface area contributed by atoms with Crippen LogP contribution in [0.3, 0.4) is 0 Å². The van der Waals surface area contributed by atoms with Crippen LogP contribution in [0.4, 0.5) is 11.4 Å². The summed E-state index contributed by atoms with van der Waals surface area (Å²) in [6, 6.07) is 12.6. The van der Waals surface area contributed by atoms with Gasteiger partial charge in [0.1, 0.15) is 5.75 Å². The number of hydrogen-bond acceptors (Lipinski definition) is 3. The summed E-state index contributed by atoms with van der Waals surface area (Å²) in [6.07, 6.45) is 6.00. The number of benzene rings is 2. The van der Waals surface area contributed by atoms with Crippen molar-refractivity contribution >= 4 is 40.5 Å². The van der Waals surface area contributed by atoms with Crippen LogP contribution in [0.5, 0.6) is 5.75 Å². The minimum atomic E-state index is -0.155. The number of carbonyl (C=O) groups excluding carboxylic acids is 1. The van der Waals surface area contributed by atoms with Crippen LogP contribution in [0.15, 0.2) is 42.5 Å². The van der Waals surface area contributed by atoms with Gasteiger partial charge in [-0.05, 0) is 36.8 Å². The molecule has 0 fully saturated rings. The van der Waals surface area contributed by atoms with Gasteiger partial charge in [-0.25, -0.2) is 0 Å². The molecule has 1 amide bonds. The Morgan fingerprint density at radius 3 is 2.56 bits per heavy atom. The molecule has 0 heterocycles. The third-order valence-electron chi connectivity index (χ3n) is 4.01. The molecule has 2 rings (SSSR count). The Hall–Kier alpha value is -1.91. The number of amides is 1. The minimum Gasteiger partial charge on any atom is -0.494 e. The molecule has 0 spiro atoms. The zero-order valence-corrected chi connectivity index (χ0v) is 17.1. The van der Waals surface area contributed by atoms with E-state index in [9.17, 15) is 4.79 Å². The minimum absolute atomic E-state index is 0.125. The lowest BCUT2D eigenvalue weighted by atomic mass is 10.2. The molecule has 0 aromatic heterocycles. The smallest absolute Gasteiger partial charge is 0.243 e. The maximum absolute atomic E-state index is 12.1. The molecule has 0 saturated heterocycles. The molecule has 2 aromatic carbocycles. The largest absolute Gasteiger partial charge is 0.494 e. The number of unbranched alkanes of at least 4 members (excludes halogenated alkanes) is 4. The number of ether oxygens (including phenoxy) is 1. The van der Waals surface area contributed by atoms with Crippen molar-refractivity contribution in [1.82, 2.24) is 0 Å². The standard InChI is InChI=1S/C21H26Cl2N2O2/c1-2-3-4-5-6-12-27-18-9-7-8-17(13-18)25-21(26)15-24-16-10-11-19(22)20(23)14-16/h7-11,13-14,24H,2-6,12,15H2,1H3,(H,25,26). The summed E-state index contributed by atoms with van der Waals surface area (Å²) in [6.45, 7) is 3.02. The van der Waals surface area contributed by atoms with Gasteiger partial charge in [-0.2, -0.15) is 0 Å². The lowest BCUT2D eigenvalue weighted by molar-refractivity contribution is -0.114. The Balaban J connectivity index is 1.75. The van der Waals surface area contributed by atoms with Crippen LogP contribution in [0.1, 0.15) is 39.0 Å². The topological polar surface area (TPSA) is 50.4 Å². The van der Waals surface area contributed by atoms with E-state index in [1.807, 2.05) is 24.3 Å². The molecule has 4 nitrogen and oxygen atoms in total. The van der Waals surface area contributed by atoms with Gasteiger partial charge in [-0.1, -0.05) is 61.9 Å². The summed E-state index contributed by atoms with van der Waals surface area (Å²) < 4.78 is 5.77. The van der Waals surface area contributed by atoms with Crippen molar-refractivity contribution in [3.05, 3.63) is 52.5 Å². The summed E-state index contributed by atoms with van der Waals surface area (Å²) >= 11 is 11.8. The Bertz CT molecular complexity index is 738. The van der Waals surface area contributed by atoms with Crippen molar-refractivity contribution < 1.29 is 9.53 Å². The molecular weight excluding hydrogens is 383 g/mol. The van der Waals surface area contributed by atoms with Gasteiger partial charge in [0, 0.05) is 17.4 Å². The molecule has 0 aliphatic carbocycles. The van der Waals surface area contributed by atoms with Crippen LogP contribution in [0.2, 0.25) is 10.0 Å². The monoisotopic (exact) mass is 408 g/mol. The van der Waals surface area contributed by atoms with Gasteiger partial charge in [0.15, 0.2) is 0 Å². The zero-order valence-electron chi connectivity index (χ0n) is 15.6. The molecule has 0 aliphatic rings. The molecule has 2 N–H and O–H groups in total. The normalized spacial score (nSPS) is 10.5. The van der Waals surface area contributed by atoms with E-state index in [1.54, 1.807) is 18.2 Å². The lowest BCUT2D eigenvalue weighted by Gasteiger charge is -2.10. The molecular formula is C21H26Cl2N2O2. The van der Waals surface area contributed by atoms with E-state index in [0.29, 0.717) is 22.3 Å². The molecule has 0 aliphatic heterocycles. The van der Waals surface area contributed by atoms with Gasteiger partial charge in [0.05, 0.1) is 23.2 Å². The van der Waals surface area contributed by atoms with Gasteiger partial charge >= 0.3 is 0 Å². The number of hydrogen-bond donors (Lipinski definition) is 2. The highest BCUT2D eigenvalue weighted by Gasteiger charge is 2.05. The highest BCUT2D eigenvalue weighted by molar-refractivity contribution is 6.42. The molecule has 0 bridgehead atoms. The average Bonchev–Trinajstić information content (AvgIpc) is 2.66. The highest BCUT2D eigenvalue weighted by atomic mass is 35.5. The van der Waals surface area contributed by atoms with Gasteiger partial charge in [-0.15, -0.1) is 0 Å². The van der Waals surface area contributed by atoms with E-state index in [1.165, 1.54) is 25.7 Å². The zero-order chi connectivity index (χ0) is 19.5. The van der Waals surface area contributed by atoms with E-state index in [4.69, 9.17) is 27.9 Å². The van der Waals surface area contributed by atoms with E-state index in [2.05, 4.69) is 17.6 Å². The second-order valence-electron chi connectivity index (χ2n) is 6.32. The van der Waals surface area contributed by atoms with Crippen molar-refractivity contribution in [2.24, 2.45) is 0 Å². The maximum atomic E-state index is 12.1. The summed E-state index contributed by atoms with van der Waals surface area (Å²) in [5.74, 6) is 0.610. The Morgan fingerprint density at radius 1 is 0.963 bits per heavy atom. The summed E-state index contributed by atoms with van der Waals surface area (Å²) in [5, 5.41) is 6.80. The molecule has 27 heavy (non-hydrogen) atoms. The third-order valence-corrected chi connectivity index (χ3v) is 4.75. The van der Waals surface area contributed by atoms with E-state index < -0.39 is 0 Å². The quantitative estimate of drug-likeness (QED) is 0.423. The van der Waals surface area contributed by atoms with E-state index >= 15 is 0 Å². The Labute approximate surface area is 171 Å². The Kier molecular flexibility index (Phi) is 9.29. The fourth-order valence-electron chi connectivity index (χ4n) is 2.55. The molecule has 0 saturated carbocycles. The summed E-state index contributed by atoms with van der Waals surface area (Å²) in [4.78, 5) is 12.1. The first-order chi connectivity index (χ1) is 13.1. The van der Waals surface area contributed by atoms with Crippen molar-refractivity contribution in [1.29, 1.82) is 0 Å². The van der Waals surface area contributed by atoms with E-state index in [-0.39, 0.29) is 12.5 Å². The fraction of sp³-hybridized carbons (Fsp3) is 0.381. The van der Waals surface area contributed by atoms with Gasteiger partial charge in [0.2, 0.25) is 5.91 Å². The number of anilines is 2. The predicted octanol–water partition coefficient (Wildman–Crippen LogP) is 6.39. The summed E-state index contributed by atoms with van der Waals surface area (Å²) in [7, 11) is 0. The molecule has 0 unspecified atom stereocenters. The second kappa shape index (κ2) is 11.7. The summed E-state index contributed by atoms with van der Waals surface area (Å²) in [5.41, 5.74) is 1.44. The van der Waals surface area contributed by atoms with Gasteiger partial charge in [0.25, 0.3) is 0 Å². The molecule has 0 atom stereocenters. The van der Waals surface area contributed by atoms with Crippen LogP contribution in [-0.4, -0.2) is 19.1 Å². The van der Waals surface area contributed by atoms with Crippen molar-refractivity contribution in [3.8, 4) is 5.75 Å². The first kappa shape index (κ1) is 21.4. The van der Waals surface area contributed by atoms with Crippen molar-refractivity contribution in [2.75, 3.05) is 23.8 Å². The van der Waals surface area contributed by atoms with Crippen LogP contribution in [-0.2, 0) is 4.79 Å². The van der Waals surface area contributed by atoms with E-state index in [0.717, 1.165) is 17.9 Å². The van der Waals surface area contributed by atoms with Crippen LogP contribution < -0.4 is 15.4 Å². The number of halogens is 2. The van der Waals surface area contributed by atoms with Gasteiger partial charge in [-0.3, -0.25) is 4.79 Å². The van der Waals surface area contributed by atoms with Gasteiger partial charge < -0.3 is 15.4 Å². The third kappa shape index (κ3) is 8.10. The SMILES string of the molecule is CCCCCCCOc1cccc(NC(=O)CNc2ccc(Cl)c(Cl)c2)c1. The number of rotatable bonds is 11. The predicted molar refractivity (Wildman–Crippen MR) is 114 cm³/mol. The van der Waals surface area contributed by atoms with Crippen molar-refractivity contribution in [3.63, 3.8) is 0 Å². The number of nitrogens with one attached hydrogen (secondary N) is 2. The van der Waals surface area contributed by atoms with Crippen LogP contribution >= 0.6 is 23.2 Å². The lowest BCUT2D eigenvalue weighted by Crippen LogP contribution is -2.21. The second-order valence-corrected chi connectivity index (χ2v) is 7.14. The van der Waals surface area contributed by atoms with Crippen LogP contribution in [0, 0.1) is 0 Å². The molecule has 146 valence electrons. The highest BCUT2D eigenvalue weighted by Crippen LogP contribution is 2.25. The maximum Gasteiger partial charge on any atom is 0.243 e. The first-order valence-electron chi connectivity index (χ1n) is 9.30. The van der Waals surface area contributed by atoms with Crippen LogP contribution in [0.25, 0.3) is 0 Å². The Morgan fingerprint density at radius 2 is 1.78 bits per heavy atom. The van der Waals surface area contributed by atoms with Crippen molar-refractivity contribution in [2.45, 2.75) is 39.0 Å². The molecule has 6 heteroatoms. The fourth-order valence-corrected chi connectivity index (χ4v) is 2.85. The number of carbonyl (C=O) groups is 1. The first-order valence-corrected chi connectivity index (χ1v) is 10.1.